The Hall–Kier alpha value is -1.40. The molecular weight excluding hydrogens is 264 g/mol. The molecule has 5 nitrogen and oxygen atoms in total. The molecule has 0 spiro atoms. The summed E-state index contributed by atoms with van der Waals surface area (Å²) < 4.78 is 0. The molecule has 2 rings (SSSR count). The van der Waals surface area contributed by atoms with E-state index >= 15 is 0 Å². The molecule has 0 bridgehead atoms. The summed E-state index contributed by atoms with van der Waals surface area (Å²) in [5.74, 6) is -1.29. The highest BCUT2D eigenvalue weighted by Gasteiger charge is 2.32. The van der Waals surface area contributed by atoms with Crippen molar-refractivity contribution in [3.8, 4) is 0 Å². The van der Waals surface area contributed by atoms with Crippen LogP contribution in [0.4, 0.5) is 0 Å². The average Bonchev–Trinajstić information content (AvgIpc) is 3.05. The molecule has 6 heteroatoms. The summed E-state index contributed by atoms with van der Waals surface area (Å²) in [6.45, 7) is 2.45. The minimum Gasteiger partial charge on any atom is -0.480 e. The van der Waals surface area contributed by atoms with Crippen LogP contribution in [0.1, 0.15) is 25.3 Å². The van der Waals surface area contributed by atoms with E-state index in [0.717, 1.165) is 19.4 Å². The van der Waals surface area contributed by atoms with Gasteiger partial charge in [0.05, 0.1) is 0 Å². The van der Waals surface area contributed by atoms with Crippen molar-refractivity contribution in [1.29, 1.82) is 0 Å². The van der Waals surface area contributed by atoms with Crippen molar-refractivity contribution >= 4 is 23.2 Å². The molecule has 19 heavy (non-hydrogen) atoms. The van der Waals surface area contributed by atoms with Gasteiger partial charge in [0.2, 0.25) is 5.91 Å². The lowest BCUT2D eigenvalue weighted by Gasteiger charge is -2.25. The summed E-state index contributed by atoms with van der Waals surface area (Å²) in [6, 6.07) is 1.67. The number of carboxylic acid groups (broad SMARTS) is 1. The highest BCUT2D eigenvalue weighted by Crippen LogP contribution is 2.28. The first-order valence-electron chi connectivity index (χ1n) is 6.31. The first kappa shape index (κ1) is 14.0. The lowest BCUT2D eigenvalue weighted by molar-refractivity contribution is -0.142. The molecule has 1 saturated carbocycles. The monoisotopic (exact) mass is 282 g/mol. The Morgan fingerprint density at radius 2 is 2.32 bits per heavy atom. The summed E-state index contributed by atoms with van der Waals surface area (Å²) in [6.07, 6.45) is 2.22. The average molecular weight is 282 g/mol. The van der Waals surface area contributed by atoms with Gasteiger partial charge in [0.25, 0.3) is 0 Å². The molecule has 2 N–H and O–H groups in total. The maximum absolute atomic E-state index is 11.2. The zero-order chi connectivity index (χ0) is 13.8. The molecule has 0 saturated heterocycles. The Morgan fingerprint density at radius 3 is 2.79 bits per heavy atom. The molecule has 1 aromatic heterocycles. The van der Waals surface area contributed by atoms with Crippen LogP contribution in [0.5, 0.6) is 0 Å². The summed E-state index contributed by atoms with van der Waals surface area (Å²) in [5.41, 5.74) is 1.20. The van der Waals surface area contributed by atoms with Gasteiger partial charge in [-0.3, -0.25) is 9.69 Å². The van der Waals surface area contributed by atoms with Crippen LogP contribution in [0.2, 0.25) is 0 Å². The number of nitrogens with zero attached hydrogens (tertiary/aromatic N) is 1. The Kier molecular flexibility index (Phi) is 4.55. The fraction of sp³-hybridized carbons (Fsp3) is 0.538. The minimum absolute atomic E-state index is 0.307. The van der Waals surface area contributed by atoms with Gasteiger partial charge < -0.3 is 10.4 Å². The molecule has 1 fully saturated rings. The number of rotatable bonds is 7. The number of aliphatic carboxylic acids is 1. The van der Waals surface area contributed by atoms with Gasteiger partial charge in [-0.25, -0.2) is 4.79 Å². The maximum Gasteiger partial charge on any atom is 0.327 e. The van der Waals surface area contributed by atoms with Gasteiger partial charge >= 0.3 is 5.97 Å². The van der Waals surface area contributed by atoms with Crippen molar-refractivity contribution in [1.82, 2.24) is 10.2 Å². The number of carbonyl (C=O) groups excluding carboxylic acids is 1. The summed E-state index contributed by atoms with van der Waals surface area (Å²) in [4.78, 5) is 24.4. The third-order valence-corrected chi connectivity index (χ3v) is 3.85. The third-order valence-electron chi connectivity index (χ3n) is 3.12. The number of carbonyl (C=O) groups is 2. The molecule has 1 heterocycles. The van der Waals surface area contributed by atoms with Crippen LogP contribution in [0.15, 0.2) is 16.8 Å². The second-order valence-corrected chi connectivity index (χ2v) is 5.66. The molecule has 0 radical (unpaired) electrons. The predicted octanol–water partition coefficient (Wildman–Crippen LogP) is 1.30. The molecule has 1 atom stereocenters. The van der Waals surface area contributed by atoms with Gasteiger partial charge in [0.15, 0.2) is 0 Å². The van der Waals surface area contributed by atoms with Crippen molar-refractivity contribution in [3.05, 3.63) is 22.4 Å². The highest BCUT2D eigenvalue weighted by atomic mass is 32.1. The number of hydrogen-bond acceptors (Lipinski definition) is 4. The van der Waals surface area contributed by atoms with Crippen molar-refractivity contribution in [2.45, 2.75) is 38.4 Å². The first-order valence-corrected chi connectivity index (χ1v) is 7.25. The number of hydrogen-bond donors (Lipinski definition) is 2. The highest BCUT2D eigenvalue weighted by molar-refractivity contribution is 7.07. The summed E-state index contributed by atoms with van der Waals surface area (Å²) in [7, 11) is 0. The Bertz CT molecular complexity index is 443. The van der Waals surface area contributed by atoms with E-state index in [1.165, 1.54) is 12.5 Å². The van der Waals surface area contributed by atoms with Crippen LogP contribution < -0.4 is 5.32 Å². The molecule has 1 unspecified atom stereocenters. The fourth-order valence-corrected chi connectivity index (χ4v) is 2.72. The lowest BCUT2D eigenvalue weighted by Crippen LogP contribution is -2.48. The van der Waals surface area contributed by atoms with Gasteiger partial charge in [0.1, 0.15) is 6.04 Å². The topological polar surface area (TPSA) is 69.6 Å². The van der Waals surface area contributed by atoms with Gasteiger partial charge in [-0.05, 0) is 35.2 Å². The first-order chi connectivity index (χ1) is 9.06. The molecule has 1 aromatic rings. The smallest absolute Gasteiger partial charge is 0.327 e. The van der Waals surface area contributed by atoms with Crippen LogP contribution in [-0.2, 0) is 16.1 Å². The maximum atomic E-state index is 11.2. The van der Waals surface area contributed by atoms with Crippen LogP contribution in [-0.4, -0.2) is 40.5 Å². The Labute approximate surface area is 116 Å². The number of amides is 1. The van der Waals surface area contributed by atoms with Crippen LogP contribution in [0, 0.1) is 0 Å². The van der Waals surface area contributed by atoms with Crippen LogP contribution in [0.25, 0.3) is 0 Å². The molecule has 1 aliphatic rings. The van der Waals surface area contributed by atoms with E-state index in [4.69, 9.17) is 5.11 Å². The number of nitrogens with one attached hydrogen (secondary N) is 1. The minimum atomic E-state index is -0.980. The standard InChI is InChI=1S/C13H18N2O3S/c1-9(16)14-12(13(17)18)7-15(11-2-3-11)6-10-4-5-19-8-10/h4-5,8,11-12H,2-3,6-7H2,1H3,(H,14,16)(H,17,18). The van der Waals surface area contributed by atoms with Gasteiger partial charge in [-0.1, -0.05) is 0 Å². The van der Waals surface area contributed by atoms with E-state index in [-0.39, 0.29) is 5.91 Å². The summed E-state index contributed by atoms with van der Waals surface area (Å²) >= 11 is 1.64. The van der Waals surface area contributed by atoms with E-state index in [9.17, 15) is 9.59 Å². The van der Waals surface area contributed by atoms with Crippen molar-refractivity contribution in [3.63, 3.8) is 0 Å². The molecular formula is C13H18N2O3S. The van der Waals surface area contributed by atoms with Crippen LogP contribution in [0.3, 0.4) is 0 Å². The van der Waals surface area contributed by atoms with Crippen molar-refractivity contribution in [2.75, 3.05) is 6.54 Å². The van der Waals surface area contributed by atoms with E-state index in [1.54, 1.807) is 11.3 Å². The van der Waals surface area contributed by atoms with Crippen LogP contribution >= 0.6 is 11.3 Å². The second kappa shape index (κ2) is 6.16. The normalized spacial score (nSPS) is 16.3. The second-order valence-electron chi connectivity index (χ2n) is 4.88. The summed E-state index contributed by atoms with van der Waals surface area (Å²) in [5, 5.41) is 15.7. The molecule has 0 aromatic carbocycles. The number of carboxylic acids is 1. The van der Waals surface area contributed by atoms with E-state index < -0.39 is 12.0 Å². The fourth-order valence-electron chi connectivity index (χ4n) is 2.06. The van der Waals surface area contributed by atoms with Crippen molar-refractivity contribution in [2.24, 2.45) is 0 Å². The molecule has 1 amide bonds. The Morgan fingerprint density at radius 1 is 1.58 bits per heavy atom. The largest absolute Gasteiger partial charge is 0.480 e. The lowest BCUT2D eigenvalue weighted by atomic mass is 10.2. The van der Waals surface area contributed by atoms with E-state index in [1.807, 2.05) is 11.4 Å². The van der Waals surface area contributed by atoms with E-state index in [0.29, 0.717) is 12.6 Å². The Balaban J connectivity index is 1.98. The van der Waals surface area contributed by atoms with E-state index in [2.05, 4.69) is 15.6 Å². The van der Waals surface area contributed by atoms with Gasteiger partial charge in [0, 0.05) is 26.1 Å². The zero-order valence-electron chi connectivity index (χ0n) is 10.8. The molecule has 0 aliphatic heterocycles. The van der Waals surface area contributed by atoms with Gasteiger partial charge in [-0.2, -0.15) is 11.3 Å². The predicted molar refractivity (Wildman–Crippen MR) is 73.0 cm³/mol. The van der Waals surface area contributed by atoms with Crippen molar-refractivity contribution < 1.29 is 14.7 Å². The van der Waals surface area contributed by atoms with Gasteiger partial charge in [-0.15, -0.1) is 0 Å². The SMILES string of the molecule is CC(=O)NC(CN(Cc1ccsc1)C1CC1)C(=O)O. The molecule has 1 aliphatic carbocycles. The quantitative estimate of drug-likeness (QED) is 0.791. The molecule has 104 valence electrons. The number of thiophene rings is 1. The zero-order valence-corrected chi connectivity index (χ0v) is 11.7. The third kappa shape index (κ3) is 4.33.